The summed E-state index contributed by atoms with van der Waals surface area (Å²) >= 11 is 0. The predicted molar refractivity (Wildman–Crippen MR) is 104 cm³/mol. The highest BCUT2D eigenvalue weighted by atomic mass is 16.6. The van der Waals surface area contributed by atoms with Crippen molar-refractivity contribution in [3.63, 3.8) is 0 Å². The van der Waals surface area contributed by atoms with Crippen molar-refractivity contribution < 1.29 is 19.0 Å². The van der Waals surface area contributed by atoms with Crippen LogP contribution in [0.2, 0.25) is 0 Å². The molecule has 0 aromatic rings. The van der Waals surface area contributed by atoms with E-state index in [9.17, 15) is 4.79 Å². The molecule has 4 unspecified atom stereocenters. The molecule has 0 radical (unpaired) electrons. The molecule has 2 aliphatic heterocycles. The van der Waals surface area contributed by atoms with Crippen molar-refractivity contribution in [1.82, 2.24) is 0 Å². The third-order valence-corrected chi connectivity index (χ3v) is 5.14. The lowest BCUT2D eigenvalue weighted by Gasteiger charge is -2.30. The molecule has 0 bridgehead atoms. The van der Waals surface area contributed by atoms with E-state index in [0.29, 0.717) is 17.8 Å². The second kappa shape index (κ2) is 9.22. The smallest absolute Gasteiger partial charge is 0.337 e. The molecular formula is C22H32O4. The number of hydrogen-bond acceptors (Lipinski definition) is 4. The van der Waals surface area contributed by atoms with Crippen molar-refractivity contribution in [2.24, 2.45) is 5.92 Å². The molecule has 2 aliphatic rings. The second-order valence-electron chi connectivity index (χ2n) is 7.26. The van der Waals surface area contributed by atoms with E-state index in [1.54, 1.807) is 14.0 Å². The SMILES string of the molecule is CCC1OC(/C(C)=C/C(C)/C=C/C2CC(OC)=C(C)C(=O)O2)CC=C1C. The number of ether oxygens (including phenoxy) is 3. The van der Waals surface area contributed by atoms with Crippen molar-refractivity contribution in [2.75, 3.05) is 7.11 Å². The first-order chi connectivity index (χ1) is 12.3. The topological polar surface area (TPSA) is 44.8 Å². The van der Waals surface area contributed by atoms with Crippen molar-refractivity contribution in [2.45, 2.75) is 72.2 Å². The molecule has 0 aromatic carbocycles. The Kier molecular flexibility index (Phi) is 7.27. The summed E-state index contributed by atoms with van der Waals surface area (Å²) in [6.45, 7) is 10.3. The minimum absolute atomic E-state index is 0.151. The molecule has 26 heavy (non-hydrogen) atoms. The third kappa shape index (κ3) is 5.10. The van der Waals surface area contributed by atoms with E-state index in [2.05, 4.69) is 45.9 Å². The average Bonchev–Trinajstić information content (AvgIpc) is 2.62. The quantitative estimate of drug-likeness (QED) is 0.500. The highest BCUT2D eigenvalue weighted by Gasteiger charge is 2.26. The first-order valence-corrected chi connectivity index (χ1v) is 9.49. The molecule has 4 nitrogen and oxygen atoms in total. The maximum atomic E-state index is 11.9. The number of hydrogen-bond donors (Lipinski definition) is 0. The first-order valence-electron chi connectivity index (χ1n) is 9.49. The van der Waals surface area contributed by atoms with Gasteiger partial charge >= 0.3 is 5.97 Å². The van der Waals surface area contributed by atoms with Gasteiger partial charge < -0.3 is 14.2 Å². The number of carbonyl (C=O) groups excluding carboxylic acids is 1. The molecule has 144 valence electrons. The highest BCUT2D eigenvalue weighted by molar-refractivity contribution is 5.89. The van der Waals surface area contributed by atoms with Crippen LogP contribution < -0.4 is 0 Å². The lowest BCUT2D eigenvalue weighted by Crippen LogP contribution is -2.27. The number of rotatable bonds is 6. The fourth-order valence-corrected chi connectivity index (χ4v) is 3.43. The molecule has 0 fully saturated rings. The lowest BCUT2D eigenvalue weighted by atomic mass is 9.96. The molecule has 0 N–H and O–H groups in total. The van der Waals surface area contributed by atoms with E-state index in [-0.39, 0.29) is 30.2 Å². The lowest BCUT2D eigenvalue weighted by molar-refractivity contribution is -0.144. The Morgan fingerprint density at radius 3 is 2.81 bits per heavy atom. The van der Waals surface area contributed by atoms with Gasteiger partial charge in [-0.2, -0.15) is 0 Å². The molecule has 0 aromatic heterocycles. The zero-order valence-electron chi connectivity index (χ0n) is 16.9. The number of allylic oxidation sites excluding steroid dienone is 2. The minimum Gasteiger partial charge on any atom is -0.500 e. The Balaban J connectivity index is 1.97. The number of cyclic esters (lactones) is 1. The summed E-state index contributed by atoms with van der Waals surface area (Å²) in [5.41, 5.74) is 3.14. The predicted octanol–water partition coefficient (Wildman–Crippen LogP) is 4.87. The number of carbonyl (C=O) groups is 1. The van der Waals surface area contributed by atoms with Crippen LogP contribution in [0.15, 0.2) is 46.8 Å². The van der Waals surface area contributed by atoms with Crippen molar-refractivity contribution in [1.29, 1.82) is 0 Å². The Morgan fingerprint density at radius 1 is 1.42 bits per heavy atom. The van der Waals surface area contributed by atoms with Gasteiger partial charge in [0, 0.05) is 6.42 Å². The summed E-state index contributed by atoms with van der Waals surface area (Å²) in [4.78, 5) is 11.9. The molecule has 2 heterocycles. The van der Waals surface area contributed by atoms with Crippen LogP contribution in [0.3, 0.4) is 0 Å². The summed E-state index contributed by atoms with van der Waals surface area (Å²) in [6, 6.07) is 0. The normalized spacial score (nSPS) is 28.8. The van der Waals surface area contributed by atoms with Crippen LogP contribution in [0.5, 0.6) is 0 Å². The van der Waals surface area contributed by atoms with E-state index < -0.39 is 0 Å². The molecule has 4 atom stereocenters. The van der Waals surface area contributed by atoms with Crippen LogP contribution >= 0.6 is 0 Å². The van der Waals surface area contributed by atoms with Gasteiger partial charge in [0.1, 0.15) is 11.9 Å². The van der Waals surface area contributed by atoms with Gasteiger partial charge in [0.15, 0.2) is 0 Å². The average molecular weight is 360 g/mol. The Morgan fingerprint density at radius 2 is 2.15 bits per heavy atom. The van der Waals surface area contributed by atoms with Crippen molar-refractivity contribution in [3.8, 4) is 0 Å². The van der Waals surface area contributed by atoms with Crippen LogP contribution in [0.25, 0.3) is 0 Å². The summed E-state index contributed by atoms with van der Waals surface area (Å²) in [5, 5.41) is 0. The van der Waals surface area contributed by atoms with Gasteiger partial charge in [-0.05, 0) is 56.8 Å². The summed E-state index contributed by atoms with van der Waals surface area (Å²) in [7, 11) is 1.59. The maximum Gasteiger partial charge on any atom is 0.337 e. The van der Waals surface area contributed by atoms with Crippen LogP contribution in [-0.4, -0.2) is 31.4 Å². The maximum absolute atomic E-state index is 11.9. The summed E-state index contributed by atoms with van der Waals surface area (Å²) in [6.07, 6.45) is 11.2. The van der Waals surface area contributed by atoms with Gasteiger partial charge in [0.05, 0.1) is 24.9 Å². The molecule has 0 aliphatic carbocycles. The van der Waals surface area contributed by atoms with Crippen molar-refractivity contribution >= 4 is 5.97 Å². The zero-order chi connectivity index (χ0) is 19.3. The van der Waals surface area contributed by atoms with E-state index in [1.165, 1.54) is 11.1 Å². The van der Waals surface area contributed by atoms with Crippen molar-refractivity contribution in [3.05, 3.63) is 46.8 Å². The van der Waals surface area contributed by atoms with E-state index in [0.717, 1.165) is 12.8 Å². The van der Waals surface area contributed by atoms with Crippen LogP contribution in [-0.2, 0) is 19.0 Å². The fraction of sp³-hybridized carbons (Fsp3) is 0.591. The minimum atomic E-state index is -0.300. The summed E-state index contributed by atoms with van der Waals surface area (Å²) < 4.78 is 16.9. The van der Waals surface area contributed by atoms with Crippen LogP contribution in [0, 0.1) is 5.92 Å². The Bertz CT molecular complexity index is 639. The fourth-order valence-electron chi connectivity index (χ4n) is 3.43. The molecular weight excluding hydrogens is 328 g/mol. The largest absolute Gasteiger partial charge is 0.500 e. The Hall–Kier alpha value is -1.81. The monoisotopic (exact) mass is 360 g/mol. The molecule has 2 rings (SSSR count). The highest BCUT2D eigenvalue weighted by Crippen LogP contribution is 2.27. The van der Waals surface area contributed by atoms with Crippen LogP contribution in [0.4, 0.5) is 0 Å². The molecule has 0 saturated heterocycles. The molecule has 0 spiro atoms. The molecule has 4 heteroatoms. The van der Waals surface area contributed by atoms with Gasteiger partial charge in [-0.3, -0.25) is 0 Å². The van der Waals surface area contributed by atoms with Gasteiger partial charge in [-0.25, -0.2) is 4.79 Å². The van der Waals surface area contributed by atoms with E-state index in [1.807, 2.05) is 6.08 Å². The Labute approximate surface area is 157 Å². The standard InChI is InChI=1S/C22H32O4/c1-7-19-15(3)9-11-20(26-19)16(4)12-14(2)8-10-18-13-21(24-6)17(5)22(23)25-18/h8-10,12,14,18-20H,7,11,13H2,1-6H3/b10-8+,16-12+. The second-order valence-corrected chi connectivity index (χ2v) is 7.26. The molecule has 0 amide bonds. The number of esters is 1. The van der Waals surface area contributed by atoms with Crippen LogP contribution in [0.1, 0.15) is 53.9 Å². The van der Waals surface area contributed by atoms with E-state index >= 15 is 0 Å². The summed E-state index contributed by atoms with van der Waals surface area (Å²) in [5.74, 6) is 0.645. The van der Waals surface area contributed by atoms with E-state index in [4.69, 9.17) is 14.2 Å². The van der Waals surface area contributed by atoms with Gasteiger partial charge in [-0.15, -0.1) is 0 Å². The van der Waals surface area contributed by atoms with Gasteiger partial charge in [0.2, 0.25) is 0 Å². The third-order valence-electron chi connectivity index (χ3n) is 5.14. The zero-order valence-corrected chi connectivity index (χ0v) is 16.9. The van der Waals surface area contributed by atoms with Gasteiger partial charge in [-0.1, -0.05) is 32.1 Å². The van der Waals surface area contributed by atoms with Gasteiger partial charge in [0.25, 0.3) is 0 Å². The number of methoxy groups -OCH3 is 1. The molecule has 0 saturated carbocycles. The first kappa shape index (κ1) is 20.5.